The first kappa shape index (κ1) is 13.1. The topological polar surface area (TPSA) is 68.0 Å². The number of benzene rings is 1. The van der Waals surface area contributed by atoms with Crippen molar-refractivity contribution in [3.63, 3.8) is 0 Å². The molecule has 3 aromatic rings. The second-order valence-electron chi connectivity index (χ2n) is 4.38. The van der Waals surface area contributed by atoms with E-state index < -0.39 is 0 Å². The molecule has 104 valence electrons. The highest BCUT2D eigenvalue weighted by Gasteiger charge is 2.12. The predicted molar refractivity (Wildman–Crippen MR) is 77.3 cm³/mol. The molecule has 5 nitrogen and oxygen atoms in total. The summed E-state index contributed by atoms with van der Waals surface area (Å²) in [5.41, 5.74) is 1.91. The maximum absolute atomic E-state index is 12.0. The van der Waals surface area contributed by atoms with E-state index in [1.54, 1.807) is 36.9 Å². The van der Waals surface area contributed by atoms with Gasteiger partial charge < -0.3 is 9.73 Å². The van der Waals surface area contributed by atoms with E-state index in [4.69, 9.17) is 4.42 Å². The first-order chi connectivity index (χ1) is 10.3. The third-order valence-corrected chi connectivity index (χ3v) is 2.98. The van der Waals surface area contributed by atoms with Crippen LogP contribution in [-0.2, 0) is 6.54 Å². The van der Waals surface area contributed by atoms with Crippen LogP contribution >= 0.6 is 0 Å². The van der Waals surface area contributed by atoms with E-state index in [2.05, 4.69) is 15.3 Å². The highest BCUT2D eigenvalue weighted by atomic mass is 16.3. The molecule has 1 aromatic carbocycles. The number of aromatic nitrogens is 2. The van der Waals surface area contributed by atoms with Crippen molar-refractivity contribution < 1.29 is 9.21 Å². The number of rotatable bonds is 4. The van der Waals surface area contributed by atoms with Crippen LogP contribution in [0.3, 0.4) is 0 Å². The Hall–Kier alpha value is -2.95. The first-order valence-electron chi connectivity index (χ1n) is 6.51. The summed E-state index contributed by atoms with van der Waals surface area (Å²) in [4.78, 5) is 20.6. The number of carbonyl (C=O) groups excluding carboxylic acids is 1. The van der Waals surface area contributed by atoms with Crippen LogP contribution < -0.4 is 5.32 Å². The zero-order valence-electron chi connectivity index (χ0n) is 11.2. The summed E-state index contributed by atoms with van der Waals surface area (Å²) < 4.78 is 5.34. The van der Waals surface area contributed by atoms with Crippen LogP contribution in [0, 0.1) is 0 Å². The van der Waals surface area contributed by atoms with E-state index in [0.29, 0.717) is 22.7 Å². The van der Waals surface area contributed by atoms with Crippen LogP contribution in [-0.4, -0.2) is 15.9 Å². The van der Waals surface area contributed by atoms with Gasteiger partial charge in [-0.3, -0.25) is 9.78 Å². The zero-order valence-corrected chi connectivity index (χ0v) is 11.2. The summed E-state index contributed by atoms with van der Waals surface area (Å²) in [6, 6.07) is 12.6. The molecule has 5 heteroatoms. The largest absolute Gasteiger partial charge is 0.463 e. The molecule has 0 fully saturated rings. The maximum Gasteiger partial charge on any atom is 0.251 e. The quantitative estimate of drug-likeness (QED) is 0.797. The third-order valence-electron chi connectivity index (χ3n) is 2.98. The number of nitrogens with one attached hydrogen (secondary N) is 1. The molecular formula is C16H13N3O2. The minimum absolute atomic E-state index is 0.147. The van der Waals surface area contributed by atoms with Crippen molar-refractivity contribution in [1.82, 2.24) is 15.3 Å². The molecular weight excluding hydrogens is 266 g/mol. The monoisotopic (exact) mass is 279 g/mol. The van der Waals surface area contributed by atoms with Crippen molar-refractivity contribution in [1.29, 1.82) is 0 Å². The normalized spacial score (nSPS) is 10.3. The summed E-state index contributed by atoms with van der Waals surface area (Å²) >= 11 is 0. The molecule has 0 spiro atoms. The molecule has 2 heterocycles. The van der Waals surface area contributed by atoms with Crippen molar-refractivity contribution >= 4 is 5.91 Å². The third kappa shape index (κ3) is 2.97. The van der Waals surface area contributed by atoms with Gasteiger partial charge in [-0.05, 0) is 24.3 Å². The Kier molecular flexibility index (Phi) is 3.73. The van der Waals surface area contributed by atoms with E-state index in [9.17, 15) is 4.79 Å². The van der Waals surface area contributed by atoms with Gasteiger partial charge in [-0.2, -0.15) is 0 Å². The predicted octanol–water partition coefficient (Wildman–Crippen LogP) is 2.67. The van der Waals surface area contributed by atoms with Gasteiger partial charge in [0.2, 0.25) is 0 Å². The highest BCUT2D eigenvalue weighted by Crippen LogP contribution is 2.19. The summed E-state index contributed by atoms with van der Waals surface area (Å²) in [5.74, 6) is 0.485. The lowest BCUT2D eigenvalue weighted by molar-refractivity contribution is 0.0950. The fourth-order valence-electron chi connectivity index (χ4n) is 1.97. The molecule has 0 saturated heterocycles. The van der Waals surface area contributed by atoms with Gasteiger partial charge in [0, 0.05) is 18.0 Å². The Bertz CT molecular complexity index is 724. The Labute approximate surface area is 121 Å². The van der Waals surface area contributed by atoms with Gasteiger partial charge >= 0.3 is 0 Å². The van der Waals surface area contributed by atoms with Crippen molar-refractivity contribution in [2.45, 2.75) is 6.54 Å². The van der Waals surface area contributed by atoms with Crippen LogP contribution in [0.5, 0.6) is 0 Å². The van der Waals surface area contributed by atoms with Gasteiger partial charge in [0.15, 0.2) is 5.76 Å². The van der Waals surface area contributed by atoms with E-state index >= 15 is 0 Å². The van der Waals surface area contributed by atoms with Crippen molar-refractivity contribution in [3.05, 3.63) is 72.4 Å². The van der Waals surface area contributed by atoms with Crippen molar-refractivity contribution in [3.8, 4) is 11.5 Å². The van der Waals surface area contributed by atoms with Crippen molar-refractivity contribution in [2.24, 2.45) is 0 Å². The second kappa shape index (κ2) is 6.00. The summed E-state index contributed by atoms with van der Waals surface area (Å²) in [7, 11) is 0. The molecule has 0 radical (unpaired) electrons. The van der Waals surface area contributed by atoms with E-state index in [0.717, 1.165) is 0 Å². The number of hydrogen-bond donors (Lipinski definition) is 1. The van der Waals surface area contributed by atoms with Crippen molar-refractivity contribution in [2.75, 3.05) is 0 Å². The van der Waals surface area contributed by atoms with Crippen LogP contribution in [0.25, 0.3) is 11.5 Å². The molecule has 0 saturated carbocycles. The van der Waals surface area contributed by atoms with Gasteiger partial charge in [0.1, 0.15) is 5.69 Å². The number of furan rings is 1. The summed E-state index contributed by atoms with van der Waals surface area (Å²) in [6.07, 6.45) is 4.77. The summed E-state index contributed by atoms with van der Waals surface area (Å²) in [6.45, 7) is 0.289. The molecule has 0 unspecified atom stereocenters. The molecule has 0 atom stereocenters. The van der Waals surface area contributed by atoms with E-state index in [1.165, 1.54) is 0 Å². The highest BCUT2D eigenvalue weighted by molar-refractivity contribution is 5.94. The lowest BCUT2D eigenvalue weighted by Gasteiger charge is -2.07. The van der Waals surface area contributed by atoms with Crippen LogP contribution in [0.15, 0.2) is 65.5 Å². The smallest absolute Gasteiger partial charge is 0.251 e. The molecule has 0 aliphatic carbocycles. The molecule has 1 N–H and O–H groups in total. The van der Waals surface area contributed by atoms with Gasteiger partial charge in [-0.25, -0.2) is 4.98 Å². The average Bonchev–Trinajstić information content (AvgIpc) is 3.08. The lowest BCUT2D eigenvalue weighted by atomic mass is 10.2. The van der Waals surface area contributed by atoms with Gasteiger partial charge in [-0.1, -0.05) is 18.2 Å². The zero-order chi connectivity index (χ0) is 14.5. The second-order valence-corrected chi connectivity index (χ2v) is 4.38. The molecule has 0 aliphatic rings. The fourth-order valence-corrected chi connectivity index (χ4v) is 1.97. The number of hydrogen-bond acceptors (Lipinski definition) is 4. The van der Waals surface area contributed by atoms with Gasteiger partial charge in [0.25, 0.3) is 5.91 Å². The fraction of sp³-hybridized carbons (Fsp3) is 0.0625. The molecule has 3 rings (SSSR count). The van der Waals surface area contributed by atoms with Crippen LogP contribution in [0.1, 0.15) is 16.1 Å². The summed E-state index contributed by atoms with van der Waals surface area (Å²) in [5, 5.41) is 2.83. The molecule has 0 aliphatic heterocycles. The first-order valence-corrected chi connectivity index (χ1v) is 6.51. The molecule has 0 bridgehead atoms. The Balaban J connectivity index is 1.76. The van der Waals surface area contributed by atoms with Crippen LogP contribution in [0.2, 0.25) is 0 Å². The van der Waals surface area contributed by atoms with Gasteiger partial charge in [-0.15, -0.1) is 0 Å². The number of carbonyl (C=O) groups is 1. The average molecular weight is 279 g/mol. The minimum Gasteiger partial charge on any atom is -0.463 e. The molecule has 1 amide bonds. The van der Waals surface area contributed by atoms with Crippen LogP contribution in [0.4, 0.5) is 0 Å². The Morgan fingerprint density at radius 2 is 1.86 bits per heavy atom. The number of amides is 1. The Morgan fingerprint density at radius 1 is 1.05 bits per heavy atom. The van der Waals surface area contributed by atoms with E-state index in [-0.39, 0.29) is 12.5 Å². The molecule has 21 heavy (non-hydrogen) atoms. The SMILES string of the molecule is O=C(NCc1nccnc1-c1ccco1)c1ccccc1. The van der Waals surface area contributed by atoms with E-state index in [1.807, 2.05) is 24.3 Å². The number of nitrogens with zero attached hydrogens (tertiary/aromatic N) is 2. The Morgan fingerprint density at radius 3 is 2.62 bits per heavy atom. The minimum atomic E-state index is -0.147. The van der Waals surface area contributed by atoms with Gasteiger partial charge in [0.05, 0.1) is 18.5 Å². The maximum atomic E-state index is 12.0. The molecule has 2 aromatic heterocycles. The standard InChI is InChI=1S/C16H13N3O2/c20-16(12-5-2-1-3-6-12)19-11-13-15(18-9-8-17-13)14-7-4-10-21-14/h1-10H,11H2,(H,19,20). The lowest BCUT2D eigenvalue weighted by Crippen LogP contribution is -2.23.